The molecule has 0 aromatic heterocycles. The largest absolute Gasteiger partial charge is 0.392 e. The van der Waals surface area contributed by atoms with E-state index >= 15 is 0 Å². The molecule has 2 nitrogen and oxygen atoms in total. The van der Waals surface area contributed by atoms with Crippen molar-refractivity contribution < 1.29 is 5.11 Å². The van der Waals surface area contributed by atoms with E-state index in [4.69, 9.17) is 0 Å². The average Bonchev–Trinajstić information content (AvgIpc) is 2.92. The van der Waals surface area contributed by atoms with Gasteiger partial charge in [-0.2, -0.15) is 0 Å². The lowest BCUT2D eigenvalue weighted by Crippen LogP contribution is -2.38. The predicted molar refractivity (Wildman–Crippen MR) is 134 cm³/mol. The molecule has 0 saturated heterocycles. The van der Waals surface area contributed by atoms with Crippen LogP contribution in [0.5, 0.6) is 0 Å². The number of rotatable bonds is 11. The van der Waals surface area contributed by atoms with Gasteiger partial charge in [-0.3, -0.25) is 0 Å². The molecule has 0 amide bonds. The van der Waals surface area contributed by atoms with Gasteiger partial charge in [0.15, 0.2) is 0 Å². The van der Waals surface area contributed by atoms with Crippen LogP contribution in [0, 0.1) is 5.41 Å². The lowest BCUT2D eigenvalue weighted by atomic mass is 9.67. The molecule has 1 aliphatic rings. The van der Waals surface area contributed by atoms with E-state index in [0.717, 1.165) is 32.2 Å². The number of anilines is 1. The number of fused-ring (bicyclic) bond motifs is 1. The number of nitrogens with one attached hydrogen (secondary N) is 1. The molecule has 1 aliphatic carbocycles. The van der Waals surface area contributed by atoms with Gasteiger partial charge in [-0.25, -0.2) is 0 Å². The Morgan fingerprint density at radius 3 is 2.42 bits per heavy atom. The lowest BCUT2D eigenvalue weighted by Gasteiger charge is -2.40. The molecular formula is C29H43NO. The van der Waals surface area contributed by atoms with E-state index in [-0.39, 0.29) is 17.4 Å². The first-order valence-electron chi connectivity index (χ1n) is 12.7. The van der Waals surface area contributed by atoms with Crippen molar-refractivity contribution in [3.63, 3.8) is 0 Å². The summed E-state index contributed by atoms with van der Waals surface area (Å²) in [4.78, 5) is 0. The van der Waals surface area contributed by atoms with E-state index in [1.807, 2.05) is 0 Å². The summed E-state index contributed by atoms with van der Waals surface area (Å²) in [6.07, 6.45) is 11.4. The van der Waals surface area contributed by atoms with Crippen LogP contribution in [-0.2, 0) is 6.42 Å². The van der Waals surface area contributed by atoms with Gasteiger partial charge in [0.05, 0.1) is 6.10 Å². The number of aliphatic hydroxyl groups is 1. The zero-order chi connectivity index (χ0) is 22.1. The van der Waals surface area contributed by atoms with Crippen molar-refractivity contribution in [1.29, 1.82) is 0 Å². The van der Waals surface area contributed by atoms with Crippen molar-refractivity contribution in [1.82, 2.24) is 0 Å². The first kappa shape index (κ1) is 23.9. The molecule has 3 atom stereocenters. The van der Waals surface area contributed by atoms with Crippen LogP contribution in [0.3, 0.4) is 0 Å². The third-order valence-electron chi connectivity index (χ3n) is 7.57. The maximum Gasteiger partial charge on any atom is 0.0705 e. The molecule has 2 heteroatoms. The van der Waals surface area contributed by atoms with E-state index in [9.17, 15) is 5.11 Å². The summed E-state index contributed by atoms with van der Waals surface area (Å²) in [5.74, 6) is 0.0392. The number of benzene rings is 2. The summed E-state index contributed by atoms with van der Waals surface area (Å²) in [5, 5.41) is 15.6. The Balaban J connectivity index is 1.94. The van der Waals surface area contributed by atoms with Crippen molar-refractivity contribution in [3.05, 3.63) is 65.2 Å². The quantitative estimate of drug-likeness (QED) is 0.288. The molecule has 170 valence electrons. The number of unbranched alkanes of at least 4 members (excludes halogenated alkanes) is 4. The van der Waals surface area contributed by atoms with E-state index in [1.165, 1.54) is 60.9 Å². The third-order valence-corrected chi connectivity index (χ3v) is 7.57. The van der Waals surface area contributed by atoms with E-state index in [1.54, 1.807) is 0 Å². The van der Waals surface area contributed by atoms with Gasteiger partial charge in [0.1, 0.15) is 0 Å². The van der Waals surface area contributed by atoms with Crippen molar-refractivity contribution in [3.8, 4) is 0 Å². The summed E-state index contributed by atoms with van der Waals surface area (Å²) in [7, 11) is 0. The fourth-order valence-electron chi connectivity index (χ4n) is 5.45. The van der Waals surface area contributed by atoms with Crippen LogP contribution in [0.15, 0.2) is 48.5 Å². The molecular weight excluding hydrogens is 378 g/mol. The predicted octanol–water partition coefficient (Wildman–Crippen LogP) is 7.70. The maximum absolute atomic E-state index is 11.9. The zero-order valence-electron chi connectivity index (χ0n) is 20.0. The second-order valence-corrected chi connectivity index (χ2v) is 9.55. The molecule has 0 spiro atoms. The summed E-state index contributed by atoms with van der Waals surface area (Å²) >= 11 is 0. The fraction of sp³-hybridized carbons (Fsp3) is 0.586. The Morgan fingerprint density at radius 2 is 1.71 bits per heavy atom. The van der Waals surface area contributed by atoms with Gasteiger partial charge in [0.25, 0.3) is 0 Å². The van der Waals surface area contributed by atoms with Crippen LogP contribution in [0.2, 0.25) is 0 Å². The fourth-order valence-corrected chi connectivity index (χ4v) is 5.45. The third kappa shape index (κ3) is 5.71. The number of aryl methyl sites for hydroxylation is 1. The molecule has 0 unspecified atom stereocenters. The van der Waals surface area contributed by atoms with Crippen LogP contribution in [0.25, 0.3) is 0 Å². The van der Waals surface area contributed by atoms with Gasteiger partial charge in [0, 0.05) is 18.2 Å². The van der Waals surface area contributed by atoms with Crippen molar-refractivity contribution in [2.45, 2.75) is 97.0 Å². The van der Waals surface area contributed by atoms with Gasteiger partial charge in [-0.05, 0) is 66.3 Å². The highest BCUT2D eigenvalue weighted by atomic mass is 16.3. The van der Waals surface area contributed by atoms with Crippen LogP contribution in [0.4, 0.5) is 5.69 Å². The van der Waals surface area contributed by atoms with Crippen LogP contribution >= 0.6 is 0 Å². The van der Waals surface area contributed by atoms with Crippen LogP contribution < -0.4 is 5.32 Å². The van der Waals surface area contributed by atoms with Gasteiger partial charge in [-0.15, -0.1) is 0 Å². The minimum absolute atomic E-state index is 0.0106. The molecule has 0 heterocycles. The number of hydrogen-bond donors (Lipinski definition) is 2. The molecule has 3 rings (SSSR count). The van der Waals surface area contributed by atoms with Crippen molar-refractivity contribution >= 4 is 5.69 Å². The molecule has 0 saturated carbocycles. The molecule has 0 bridgehead atoms. The summed E-state index contributed by atoms with van der Waals surface area (Å²) in [6.45, 7) is 7.81. The second kappa shape index (κ2) is 11.7. The monoisotopic (exact) mass is 421 g/mol. The normalized spacial score (nSPS) is 23.2. The maximum atomic E-state index is 11.9. The molecule has 2 aromatic carbocycles. The Hall–Kier alpha value is -1.80. The Morgan fingerprint density at radius 1 is 0.935 bits per heavy atom. The van der Waals surface area contributed by atoms with Gasteiger partial charge >= 0.3 is 0 Å². The minimum Gasteiger partial charge on any atom is -0.392 e. The Labute approximate surface area is 190 Å². The Bertz CT molecular complexity index is 787. The second-order valence-electron chi connectivity index (χ2n) is 9.55. The summed E-state index contributed by atoms with van der Waals surface area (Å²) < 4.78 is 0. The SMILES string of the molecule is CCCCCCNc1ccc2c(c1)[C@@H](c1ccccc1)[C@@H](O)[C@](CC)(CCCC)CC2. The first-order chi connectivity index (χ1) is 15.1. The van der Waals surface area contributed by atoms with Crippen LogP contribution in [0.1, 0.15) is 101 Å². The molecule has 2 N–H and O–H groups in total. The van der Waals surface area contributed by atoms with Gasteiger partial charge in [-0.1, -0.05) is 89.3 Å². The topological polar surface area (TPSA) is 32.3 Å². The average molecular weight is 422 g/mol. The van der Waals surface area contributed by atoms with Gasteiger partial charge < -0.3 is 10.4 Å². The summed E-state index contributed by atoms with van der Waals surface area (Å²) in [5.41, 5.74) is 5.16. The highest BCUT2D eigenvalue weighted by molar-refractivity contribution is 5.53. The highest BCUT2D eigenvalue weighted by Crippen LogP contribution is 2.49. The Kier molecular flexibility index (Phi) is 9.02. The molecule has 2 aromatic rings. The lowest BCUT2D eigenvalue weighted by molar-refractivity contribution is -0.00155. The smallest absolute Gasteiger partial charge is 0.0705 e. The van der Waals surface area contributed by atoms with E-state index in [2.05, 4.69) is 74.6 Å². The molecule has 0 fully saturated rings. The minimum atomic E-state index is -0.354. The standard InChI is InChI=1S/C29H43NO/c1-4-7-9-13-21-30-25-17-16-23-18-20-29(6-3,19-8-5-2)28(31)27(26(23)22-25)24-14-11-10-12-15-24/h10-12,14-17,22,27-28,30-31H,4-9,13,18-21H2,1-3H3/t27-,28-,29-/m1/s1. The molecule has 31 heavy (non-hydrogen) atoms. The summed E-state index contributed by atoms with van der Waals surface area (Å²) in [6, 6.07) is 17.6. The first-order valence-corrected chi connectivity index (χ1v) is 12.7. The van der Waals surface area contributed by atoms with E-state index < -0.39 is 0 Å². The van der Waals surface area contributed by atoms with Gasteiger partial charge in [0.2, 0.25) is 0 Å². The highest BCUT2D eigenvalue weighted by Gasteiger charge is 2.43. The molecule has 0 radical (unpaired) electrons. The molecule has 0 aliphatic heterocycles. The van der Waals surface area contributed by atoms with Crippen molar-refractivity contribution in [2.75, 3.05) is 11.9 Å². The van der Waals surface area contributed by atoms with E-state index in [0.29, 0.717) is 0 Å². The zero-order valence-corrected chi connectivity index (χ0v) is 20.0. The number of hydrogen-bond acceptors (Lipinski definition) is 2. The number of aliphatic hydroxyl groups excluding tert-OH is 1. The van der Waals surface area contributed by atoms with Crippen molar-refractivity contribution in [2.24, 2.45) is 5.41 Å². The van der Waals surface area contributed by atoms with Crippen LogP contribution in [-0.4, -0.2) is 17.8 Å².